The van der Waals surface area contributed by atoms with E-state index < -0.39 is 6.04 Å². The minimum absolute atomic E-state index is 0.0494. The lowest BCUT2D eigenvalue weighted by Crippen LogP contribution is -2.47. The fourth-order valence-corrected chi connectivity index (χ4v) is 3.11. The molecule has 0 radical (unpaired) electrons. The zero-order valence-corrected chi connectivity index (χ0v) is 17.3. The number of hydrogen-bond acceptors (Lipinski definition) is 4. The van der Waals surface area contributed by atoms with Gasteiger partial charge in [-0.05, 0) is 42.3 Å². The summed E-state index contributed by atoms with van der Waals surface area (Å²) < 4.78 is 11.3. The molecule has 1 aliphatic rings. The topological polar surface area (TPSA) is 76.7 Å². The molecule has 6 nitrogen and oxygen atoms in total. The number of hydrogen-bond donors (Lipinski definition) is 2. The summed E-state index contributed by atoms with van der Waals surface area (Å²) in [6, 6.07) is 11.2. The predicted molar refractivity (Wildman–Crippen MR) is 113 cm³/mol. The van der Waals surface area contributed by atoms with Crippen LogP contribution in [0.3, 0.4) is 0 Å². The Morgan fingerprint density at radius 2 is 1.76 bits per heavy atom. The molecule has 2 atom stereocenters. The summed E-state index contributed by atoms with van der Waals surface area (Å²) in [4.78, 5) is 25.6. The van der Waals surface area contributed by atoms with Crippen molar-refractivity contribution in [2.45, 2.75) is 32.7 Å². The van der Waals surface area contributed by atoms with Gasteiger partial charge in [-0.15, -0.1) is 0 Å². The quantitative estimate of drug-likeness (QED) is 0.736. The molecule has 0 aliphatic carbocycles. The minimum atomic E-state index is -0.681. The highest BCUT2D eigenvalue weighted by Gasteiger charge is 2.27. The number of nitrogens with one attached hydrogen (secondary N) is 2. The zero-order valence-electron chi connectivity index (χ0n) is 16.5. The Morgan fingerprint density at radius 1 is 1.07 bits per heavy atom. The van der Waals surface area contributed by atoms with Gasteiger partial charge in [0.25, 0.3) is 5.91 Å². The van der Waals surface area contributed by atoms with E-state index in [1.165, 1.54) is 0 Å². The molecule has 0 aromatic heterocycles. The first-order chi connectivity index (χ1) is 14.0. The summed E-state index contributed by atoms with van der Waals surface area (Å²) in [5.41, 5.74) is 1.04. The third kappa shape index (κ3) is 5.41. The summed E-state index contributed by atoms with van der Waals surface area (Å²) in [5, 5.41) is 6.28. The highest BCUT2D eigenvalue weighted by atomic mass is 35.5. The third-order valence-electron chi connectivity index (χ3n) is 4.90. The van der Waals surface area contributed by atoms with Crippen LogP contribution in [0.5, 0.6) is 11.5 Å². The number of ether oxygens (including phenoxy) is 2. The van der Waals surface area contributed by atoms with Crippen molar-refractivity contribution in [2.75, 3.05) is 18.5 Å². The van der Waals surface area contributed by atoms with Gasteiger partial charge in [-0.3, -0.25) is 9.59 Å². The van der Waals surface area contributed by atoms with Gasteiger partial charge in [0, 0.05) is 28.8 Å². The maximum Gasteiger partial charge on any atom is 0.251 e. The molecule has 2 N–H and O–H groups in total. The van der Waals surface area contributed by atoms with E-state index in [9.17, 15) is 9.59 Å². The van der Waals surface area contributed by atoms with Gasteiger partial charge in [-0.1, -0.05) is 31.9 Å². The molecule has 0 saturated heterocycles. The first-order valence-corrected chi connectivity index (χ1v) is 10.1. The number of benzene rings is 2. The average Bonchev–Trinajstić information content (AvgIpc) is 2.96. The molecular weight excluding hydrogens is 392 g/mol. The molecule has 0 saturated carbocycles. The van der Waals surface area contributed by atoms with E-state index in [0.717, 1.165) is 12.8 Å². The minimum Gasteiger partial charge on any atom is -0.490 e. The zero-order chi connectivity index (χ0) is 20.8. The number of anilines is 1. The summed E-state index contributed by atoms with van der Waals surface area (Å²) in [6.45, 7) is 5.08. The standard InChI is InChI=1S/C22H25ClN2O4/c1-3-14(2)20(25-21(26)15-5-7-16(23)8-6-15)22(27)24-17-9-10-18-19(13-17)29-12-4-11-28-18/h5-10,13-14,20H,3-4,11-12H2,1-2H3,(H,24,27)(H,25,26). The van der Waals surface area contributed by atoms with Crippen LogP contribution in [-0.4, -0.2) is 31.1 Å². The number of rotatable bonds is 6. The highest BCUT2D eigenvalue weighted by molar-refractivity contribution is 6.30. The maximum atomic E-state index is 13.0. The molecule has 7 heteroatoms. The first-order valence-electron chi connectivity index (χ1n) is 9.75. The summed E-state index contributed by atoms with van der Waals surface area (Å²) >= 11 is 5.88. The molecule has 2 unspecified atom stereocenters. The third-order valence-corrected chi connectivity index (χ3v) is 5.16. The Hall–Kier alpha value is -2.73. The van der Waals surface area contributed by atoms with E-state index in [2.05, 4.69) is 10.6 Å². The van der Waals surface area contributed by atoms with E-state index in [-0.39, 0.29) is 17.7 Å². The Balaban J connectivity index is 1.73. The van der Waals surface area contributed by atoms with Crippen LogP contribution in [0.25, 0.3) is 0 Å². The first kappa shape index (κ1) is 21.0. The smallest absolute Gasteiger partial charge is 0.251 e. The van der Waals surface area contributed by atoms with Gasteiger partial charge in [0.15, 0.2) is 11.5 Å². The number of amides is 2. The monoisotopic (exact) mass is 416 g/mol. The average molecular weight is 417 g/mol. The Morgan fingerprint density at radius 3 is 2.45 bits per heavy atom. The number of fused-ring (bicyclic) bond motifs is 1. The van der Waals surface area contributed by atoms with E-state index >= 15 is 0 Å². The number of halogens is 1. The predicted octanol–water partition coefficient (Wildman–Crippen LogP) is 4.28. The van der Waals surface area contributed by atoms with Crippen molar-refractivity contribution in [3.05, 3.63) is 53.1 Å². The maximum absolute atomic E-state index is 13.0. The van der Waals surface area contributed by atoms with Crippen molar-refractivity contribution in [2.24, 2.45) is 5.92 Å². The van der Waals surface area contributed by atoms with Gasteiger partial charge in [0.2, 0.25) is 5.91 Å². The van der Waals surface area contributed by atoms with Crippen LogP contribution in [0.4, 0.5) is 5.69 Å². The molecule has 3 rings (SSSR count). The largest absolute Gasteiger partial charge is 0.490 e. The summed E-state index contributed by atoms with van der Waals surface area (Å²) in [7, 11) is 0. The van der Waals surface area contributed by atoms with Gasteiger partial charge >= 0.3 is 0 Å². The van der Waals surface area contributed by atoms with Gasteiger partial charge in [0.1, 0.15) is 6.04 Å². The molecule has 1 heterocycles. The lowest BCUT2D eigenvalue weighted by molar-refractivity contribution is -0.119. The molecule has 29 heavy (non-hydrogen) atoms. The van der Waals surface area contributed by atoms with Gasteiger partial charge in [0.05, 0.1) is 13.2 Å². The van der Waals surface area contributed by atoms with Crippen LogP contribution in [0, 0.1) is 5.92 Å². The Kier molecular flexibility index (Phi) is 6.99. The summed E-state index contributed by atoms with van der Waals surface area (Å²) in [6.07, 6.45) is 1.54. The molecule has 2 amide bonds. The second-order valence-corrected chi connectivity index (χ2v) is 7.48. The van der Waals surface area contributed by atoms with E-state index in [0.29, 0.717) is 41.0 Å². The fourth-order valence-electron chi connectivity index (χ4n) is 2.99. The van der Waals surface area contributed by atoms with Crippen LogP contribution in [0.2, 0.25) is 5.02 Å². The van der Waals surface area contributed by atoms with Crippen LogP contribution in [-0.2, 0) is 4.79 Å². The van der Waals surface area contributed by atoms with Gasteiger partial charge in [-0.2, -0.15) is 0 Å². The molecule has 1 aliphatic heterocycles. The van der Waals surface area contributed by atoms with Crippen molar-refractivity contribution in [3.8, 4) is 11.5 Å². The molecule has 2 aromatic carbocycles. The molecule has 0 spiro atoms. The van der Waals surface area contributed by atoms with Crippen LogP contribution >= 0.6 is 11.6 Å². The molecular formula is C22H25ClN2O4. The highest BCUT2D eigenvalue weighted by Crippen LogP contribution is 2.32. The second-order valence-electron chi connectivity index (χ2n) is 7.04. The van der Waals surface area contributed by atoms with Gasteiger partial charge < -0.3 is 20.1 Å². The second kappa shape index (κ2) is 9.65. The van der Waals surface area contributed by atoms with Crippen LogP contribution in [0.15, 0.2) is 42.5 Å². The lowest BCUT2D eigenvalue weighted by Gasteiger charge is -2.24. The van der Waals surface area contributed by atoms with Crippen LogP contribution < -0.4 is 20.1 Å². The van der Waals surface area contributed by atoms with Gasteiger partial charge in [-0.25, -0.2) is 0 Å². The van der Waals surface area contributed by atoms with E-state index in [1.807, 2.05) is 13.8 Å². The number of carbonyl (C=O) groups is 2. The van der Waals surface area contributed by atoms with E-state index in [4.69, 9.17) is 21.1 Å². The van der Waals surface area contributed by atoms with Crippen molar-refractivity contribution >= 4 is 29.1 Å². The number of carbonyl (C=O) groups excluding carboxylic acids is 2. The fraction of sp³-hybridized carbons (Fsp3) is 0.364. The van der Waals surface area contributed by atoms with Crippen LogP contribution in [0.1, 0.15) is 37.0 Å². The SMILES string of the molecule is CCC(C)C(NC(=O)c1ccc(Cl)cc1)C(=O)Nc1ccc2c(c1)OCCCO2. The van der Waals surface area contributed by atoms with Crippen molar-refractivity contribution in [3.63, 3.8) is 0 Å². The molecule has 2 aromatic rings. The molecule has 0 bridgehead atoms. The molecule has 154 valence electrons. The molecule has 0 fully saturated rings. The Bertz CT molecular complexity index is 870. The summed E-state index contributed by atoms with van der Waals surface area (Å²) in [5.74, 6) is 0.615. The van der Waals surface area contributed by atoms with Crippen molar-refractivity contribution < 1.29 is 19.1 Å². The van der Waals surface area contributed by atoms with E-state index in [1.54, 1.807) is 42.5 Å². The van der Waals surface area contributed by atoms with Crippen molar-refractivity contribution in [1.82, 2.24) is 5.32 Å². The Labute approximate surface area is 175 Å². The normalized spacial score (nSPS) is 15.0. The van der Waals surface area contributed by atoms with Crippen molar-refractivity contribution in [1.29, 1.82) is 0 Å². The lowest BCUT2D eigenvalue weighted by atomic mass is 9.97.